The molecular formula is C25H24N2O2. The monoisotopic (exact) mass is 384 g/mol. The topological polar surface area (TPSA) is 49.4 Å². The molecule has 0 saturated heterocycles. The van der Waals surface area contributed by atoms with Crippen molar-refractivity contribution in [3.05, 3.63) is 101 Å². The van der Waals surface area contributed by atoms with Gasteiger partial charge in [-0.15, -0.1) is 0 Å². The Kier molecular flexibility index (Phi) is 5.43. The molecule has 0 bridgehead atoms. The van der Waals surface area contributed by atoms with Gasteiger partial charge in [-0.05, 0) is 48.2 Å². The zero-order valence-electron chi connectivity index (χ0n) is 16.5. The van der Waals surface area contributed by atoms with Gasteiger partial charge in [0.05, 0.1) is 0 Å². The summed E-state index contributed by atoms with van der Waals surface area (Å²) in [6, 6.07) is 24.5. The molecule has 2 amide bonds. The van der Waals surface area contributed by atoms with Gasteiger partial charge in [-0.25, -0.2) is 0 Å². The molecule has 1 heterocycles. The number of nitrogens with zero attached hydrogens (tertiary/aromatic N) is 1. The maximum Gasteiger partial charge on any atom is 0.259 e. The van der Waals surface area contributed by atoms with Gasteiger partial charge >= 0.3 is 0 Å². The number of rotatable bonds is 5. The van der Waals surface area contributed by atoms with Crippen LogP contribution in [0.1, 0.15) is 27.0 Å². The van der Waals surface area contributed by atoms with Gasteiger partial charge in [0.2, 0.25) is 5.91 Å². The molecule has 4 rings (SSSR count). The molecule has 1 atom stereocenters. The molecule has 0 aliphatic carbocycles. The third-order valence-electron chi connectivity index (χ3n) is 5.47. The number of benzene rings is 3. The lowest BCUT2D eigenvalue weighted by Gasteiger charge is -2.25. The lowest BCUT2D eigenvalue weighted by atomic mass is 10.1. The van der Waals surface area contributed by atoms with E-state index in [2.05, 4.69) is 24.4 Å². The first-order valence-electron chi connectivity index (χ1n) is 9.94. The zero-order valence-corrected chi connectivity index (χ0v) is 16.5. The summed E-state index contributed by atoms with van der Waals surface area (Å²) in [6.45, 7) is 2.62. The molecule has 3 aromatic rings. The molecule has 146 valence electrons. The summed E-state index contributed by atoms with van der Waals surface area (Å²) in [7, 11) is 0. The van der Waals surface area contributed by atoms with Crippen LogP contribution < -0.4 is 10.2 Å². The smallest absolute Gasteiger partial charge is 0.259 e. The highest BCUT2D eigenvalue weighted by atomic mass is 16.2. The second-order valence-corrected chi connectivity index (χ2v) is 7.36. The number of anilines is 1. The molecular weight excluding hydrogens is 360 g/mol. The first kappa shape index (κ1) is 18.9. The van der Waals surface area contributed by atoms with E-state index < -0.39 is 6.04 Å². The Morgan fingerprint density at radius 2 is 1.62 bits per heavy atom. The van der Waals surface area contributed by atoms with Crippen molar-refractivity contribution < 1.29 is 9.59 Å². The third kappa shape index (κ3) is 3.92. The van der Waals surface area contributed by atoms with Crippen LogP contribution in [0.15, 0.2) is 78.9 Å². The van der Waals surface area contributed by atoms with Crippen molar-refractivity contribution in [3.8, 4) is 0 Å². The Balaban J connectivity index is 1.51. The number of fused-ring (bicyclic) bond motifs is 1. The first-order valence-corrected chi connectivity index (χ1v) is 9.94. The molecule has 1 aliphatic rings. The summed E-state index contributed by atoms with van der Waals surface area (Å²) in [5.74, 6) is -0.256. The van der Waals surface area contributed by atoms with Crippen molar-refractivity contribution >= 4 is 17.5 Å². The minimum atomic E-state index is -0.531. The fourth-order valence-electron chi connectivity index (χ4n) is 3.90. The van der Waals surface area contributed by atoms with E-state index in [1.54, 1.807) is 17.0 Å². The van der Waals surface area contributed by atoms with Crippen molar-refractivity contribution in [3.63, 3.8) is 0 Å². The number of carbonyl (C=O) groups is 2. The minimum Gasteiger partial charge on any atom is -0.354 e. The van der Waals surface area contributed by atoms with Gasteiger partial charge in [-0.3, -0.25) is 14.5 Å². The summed E-state index contributed by atoms with van der Waals surface area (Å²) in [5, 5.41) is 3.04. The molecule has 0 aromatic heterocycles. The Bertz CT molecular complexity index is 1030. The van der Waals surface area contributed by atoms with Crippen LogP contribution in [-0.2, 0) is 17.6 Å². The second kappa shape index (κ2) is 8.31. The highest BCUT2D eigenvalue weighted by Crippen LogP contribution is 2.33. The van der Waals surface area contributed by atoms with Crippen LogP contribution in [0.4, 0.5) is 5.69 Å². The summed E-state index contributed by atoms with van der Waals surface area (Å²) >= 11 is 0. The van der Waals surface area contributed by atoms with E-state index in [9.17, 15) is 9.59 Å². The molecule has 4 heteroatoms. The fraction of sp³-hybridized carbons (Fsp3) is 0.200. The van der Waals surface area contributed by atoms with Crippen LogP contribution >= 0.6 is 0 Å². The number of carbonyl (C=O) groups excluding carboxylic acids is 2. The van der Waals surface area contributed by atoms with E-state index in [-0.39, 0.29) is 11.8 Å². The van der Waals surface area contributed by atoms with Crippen molar-refractivity contribution in [1.29, 1.82) is 0 Å². The van der Waals surface area contributed by atoms with Crippen LogP contribution in [0.25, 0.3) is 0 Å². The summed E-state index contributed by atoms with van der Waals surface area (Å²) in [4.78, 5) is 27.9. The molecule has 29 heavy (non-hydrogen) atoms. The standard InChI is InChI=1S/C25H24N2O2/c1-18-9-5-6-10-19(18)15-16-26-24(28)23-17-21-13-7-8-14-22(21)27(23)25(29)20-11-3-2-4-12-20/h2-14,23H,15-17H2,1H3,(H,26,28)/t23-/m1/s1. The second-order valence-electron chi connectivity index (χ2n) is 7.36. The largest absolute Gasteiger partial charge is 0.354 e. The maximum atomic E-state index is 13.2. The van der Waals surface area contributed by atoms with E-state index in [1.165, 1.54) is 11.1 Å². The van der Waals surface area contributed by atoms with E-state index in [1.807, 2.05) is 54.6 Å². The van der Waals surface area contributed by atoms with E-state index in [0.717, 1.165) is 17.7 Å². The van der Waals surface area contributed by atoms with Gasteiger partial charge in [0.25, 0.3) is 5.91 Å². The lowest BCUT2D eigenvalue weighted by molar-refractivity contribution is -0.122. The summed E-state index contributed by atoms with van der Waals surface area (Å²) in [5.41, 5.74) is 4.87. The van der Waals surface area contributed by atoms with Crippen molar-refractivity contribution in [2.24, 2.45) is 0 Å². The van der Waals surface area contributed by atoms with Gasteiger partial charge in [0, 0.05) is 24.2 Å². The number of aryl methyl sites for hydroxylation is 1. The predicted molar refractivity (Wildman–Crippen MR) is 115 cm³/mol. The number of para-hydroxylation sites is 1. The number of hydrogen-bond donors (Lipinski definition) is 1. The quantitative estimate of drug-likeness (QED) is 0.725. The molecule has 0 fully saturated rings. The third-order valence-corrected chi connectivity index (χ3v) is 5.47. The van der Waals surface area contributed by atoms with Crippen molar-refractivity contribution in [2.75, 3.05) is 11.4 Å². The minimum absolute atomic E-state index is 0.112. The number of amides is 2. The lowest BCUT2D eigenvalue weighted by Crippen LogP contribution is -2.48. The number of hydrogen-bond acceptors (Lipinski definition) is 2. The van der Waals surface area contributed by atoms with Crippen LogP contribution in [0, 0.1) is 6.92 Å². The van der Waals surface area contributed by atoms with E-state index in [4.69, 9.17) is 0 Å². The van der Waals surface area contributed by atoms with Crippen LogP contribution in [-0.4, -0.2) is 24.4 Å². The van der Waals surface area contributed by atoms with Gasteiger partial charge in [-0.1, -0.05) is 60.7 Å². The first-order chi connectivity index (χ1) is 14.1. The molecule has 0 spiro atoms. The average Bonchev–Trinajstić information content (AvgIpc) is 3.15. The van der Waals surface area contributed by atoms with Crippen molar-refractivity contribution in [1.82, 2.24) is 5.32 Å². The highest BCUT2D eigenvalue weighted by Gasteiger charge is 2.38. The molecule has 4 nitrogen and oxygen atoms in total. The van der Waals surface area contributed by atoms with Crippen molar-refractivity contribution in [2.45, 2.75) is 25.8 Å². The van der Waals surface area contributed by atoms with Gasteiger partial charge < -0.3 is 5.32 Å². The Morgan fingerprint density at radius 1 is 0.931 bits per heavy atom. The molecule has 3 aromatic carbocycles. The van der Waals surface area contributed by atoms with Crippen LogP contribution in [0.2, 0.25) is 0 Å². The fourth-order valence-corrected chi connectivity index (χ4v) is 3.90. The van der Waals surface area contributed by atoms with Gasteiger partial charge in [0.1, 0.15) is 6.04 Å². The van der Waals surface area contributed by atoms with Gasteiger partial charge in [0.15, 0.2) is 0 Å². The SMILES string of the molecule is Cc1ccccc1CCNC(=O)[C@H]1Cc2ccccc2N1C(=O)c1ccccc1. The zero-order chi connectivity index (χ0) is 20.2. The Morgan fingerprint density at radius 3 is 2.41 bits per heavy atom. The predicted octanol–water partition coefficient (Wildman–Crippen LogP) is 3.93. The van der Waals surface area contributed by atoms with Gasteiger partial charge in [-0.2, -0.15) is 0 Å². The average molecular weight is 384 g/mol. The van der Waals surface area contributed by atoms with E-state index in [0.29, 0.717) is 18.5 Å². The van der Waals surface area contributed by atoms with Crippen LogP contribution in [0.5, 0.6) is 0 Å². The number of nitrogens with one attached hydrogen (secondary N) is 1. The highest BCUT2D eigenvalue weighted by molar-refractivity contribution is 6.11. The molecule has 0 unspecified atom stereocenters. The van der Waals surface area contributed by atoms with Crippen LogP contribution in [0.3, 0.4) is 0 Å². The Labute approximate surface area is 171 Å². The molecule has 0 saturated carbocycles. The molecule has 1 N–H and O–H groups in total. The maximum absolute atomic E-state index is 13.2. The molecule has 1 aliphatic heterocycles. The normalized spacial score (nSPS) is 15.1. The molecule has 0 radical (unpaired) electrons. The van der Waals surface area contributed by atoms with E-state index >= 15 is 0 Å². The Hall–Kier alpha value is -3.40. The summed E-state index contributed by atoms with van der Waals surface area (Å²) < 4.78 is 0. The summed E-state index contributed by atoms with van der Waals surface area (Å²) in [6.07, 6.45) is 1.30.